The van der Waals surface area contributed by atoms with E-state index in [2.05, 4.69) is 5.32 Å². The predicted molar refractivity (Wildman–Crippen MR) is 90.7 cm³/mol. The van der Waals surface area contributed by atoms with Crippen molar-refractivity contribution in [3.05, 3.63) is 59.7 Å². The molecule has 9 heteroatoms. The maximum Gasteiger partial charge on any atom is 0.416 e. The van der Waals surface area contributed by atoms with Gasteiger partial charge in [0, 0.05) is 23.5 Å². The van der Waals surface area contributed by atoms with Crippen LogP contribution in [0.1, 0.15) is 22.3 Å². The summed E-state index contributed by atoms with van der Waals surface area (Å²) in [5.74, 6) is -1.00. The van der Waals surface area contributed by atoms with Gasteiger partial charge in [0.1, 0.15) is 6.04 Å². The summed E-state index contributed by atoms with van der Waals surface area (Å²) in [5, 5.41) is 11.4. The highest BCUT2D eigenvalue weighted by atomic mass is 19.4. The van der Waals surface area contributed by atoms with E-state index in [1.807, 2.05) is 0 Å². The van der Waals surface area contributed by atoms with Gasteiger partial charge in [0.2, 0.25) is 5.91 Å². The molecule has 1 aliphatic heterocycles. The number of nitrogens with one attached hydrogen (secondary N) is 2. The Morgan fingerprint density at radius 2 is 1.85 bits per heavy atom. The number of alkyl halides is 3. The van der Waals surface area contributed by atoms with Crippen LogP contribution in [-0.4, -0.2) is 29.6 Å². The fourth-order valence-electron chi connectivity index (χ4n) is 3.01. The van der Waals surface area contributed by atoms with E-state index in [0.29, 0.717) is 18.7 Å². The number of amides is 2. The molecule has 0 aliphatic carbocycles. The fraction of sp³-hybridized carbons (Fsp3) is 0.222. The Kier molecular flexibility index (Phi) is 5.04. The first-order chi connectivity index (χ1) is 12.8. The molecule has 1 heterocycles. The van der Waals surface area contributed by atoms with Crippen LogP contribution in [-0.2, 0) is 11.0 Å². The van der Waals surface area contributed by atoms with Crippen LogP contribution in [0, 0.1) is 0 Å². The van der Waals surface area contributed by atoms with Gasteiger partial charge in [0.25, 0.3) is 5.91 Å². The summed E-state index contributed by atoms with van der Waals surface area (Å²) in [7, 11) is 0. The first-order valence-electron chi connectivity index (χ1n) is 8.10. The smallest absolute Gasteiger partial charge is 0.354 e. The second kappa shape index (κ2) is 7.28. The van der Waals surface area contributed by atoms with Gasteiger partial charge in [0.15, 0.2) is 0 Å². The second-order valence-electron chi connectivity index (χ2n) is 6.00. The Labute approximate surface area is 152 Å². The van der Waals surface area contributed by atoms with Crippen molar-refractivity contribution in [3.63, 3.8) is 0 Å². The molecule has 0 spiro atoms. The fourth-order valence-corrected chi connectivity index (χ4v) is 3.01. The van der Waals surface area contributed by atoms with Crippen LogP contribution in [0.4, 0.5) is 24.5 Å². The molecule has 2 aromatic rings. The SMILES string of the molecule is O=C(NO)c1ccc(N(c2cccc(C(F)(F)F)c2)C2CCNC2=O)cc1. The second-order valence-corrected chi connectivity index (χ2v) is 6.00. The molecule has 1 atom stereocenters. The third kappa shape index (κ3) is 3.87. The van der Waals surface area contributed by atoms with E-state index >= 15 is 0 Å². The van der Waals surface area contributed by atoms with Crippen molar-refractivity contribution < 1.29 is 28.0 Å². The average Bonchev–Trinajstić information content (AvgIpc) is 3.07. The molecular formula is C18H16F3N3O3. The van der Waals surface area contributed by atoms with Crippen LogP contribution in [0.2, 0.25) is 0 Å². The first kappa shape index (κ1) is 18.7. The molecule has 0 bridgehead atoms. The lowest BCUT2D eigenvalue weighted by atomic mass is 10.1. The maximum absolute atomic E-state index is 13.1. The number of hydrogen-bond acceptors (Lipinski definition) is 4. The molecule has 2 amide bonds. The maximum atomic E-state index is 13.1. The molecule has 1 unspecified atom stereocenters. The van der Waals surface area contributed by atoms with Crippen LogP contribution < -0.4 is 15.7 Å². The van der Waals surface area contributed by atoms with Crippen LogP contribution in [0.5, 0.6) is 0 Å². The summed E-state index contributed by atoms with van der Waals surface area (Å²) in [6.07, 6.45) is -4.09. The molecule has 3 rings (SSSR count). The van der Waals surface area contributed by atoms with Gasteiger partial charge in [-0.3, -0.25) is 14.8 Å². The minimum atomic E-state index is -4.51. The number of halogens is 3. The lowest BCUT2D eigenvalue weighted by Gasteiger charge is -2.30. The number of benzene rings is 2. The van der Waals surface area contributed by atoms with Crippen LogP contribution in [0.3, 0.4) is 0 Å². The standard InChI is InChI=1S/C18H16F3N3O3/c19-18(20,21)12-2-1-3-14(10-12)24(15-8-9-22-17(15)26)13-6-4-11(5-7-13)16(25)23-27/h1-7,10,15,27H,8-9H2,(H,22,26)(H,23,25). The molecule has 1 saturated heterocycles. The van der Waals surface area contributed by atoms with E-state index in [-0.39, 0.29) is 17.2 Å². The van der Waals surface area contributed by atoms with E-state index in [1.165, 1.54) is 46.8 Å². The minimum Gasteiger partial charge on any atom is -0.354 e. The van der Waals surface area contributed by atoms with Gasteiger partial charge in [-0.2, -0.15) is 13.2 Å². The summed E-state index contributed by atoms with van der Waals surface area (Å²) < 4.78 is 39.3. The topological polar surface area (TPSA) is 81.7 Å². The van der Waals surface area contributed by atoms with E-state index in [1.54, 1.807) is 0 Å². The summed E-state index contributed by atoms with van der Waals surface area (Å²) in [5.41, 5.74) is 1.52. The highest BCUT2D eigenvalue weighted by Crippen LogP contribution is 2.36. The number of anilines is 2. The molecule has 1 aliphatic rings. The van der Waals surface area contributed by atoms with Gasteiger partial charge in [0.05, 0.1) is 5.56 Å². The number of carbonyl (C=O) groups excluding carboxylic acids is 2. The molecule has 27 heavy (non-hydrogen) atoms. The summed E-state index contributed by atoms with van der Waals surface area (Å²) >= 11 is 0. The predicted octanol–water partition coefficient (Wildman–Crippen LogP) is 2.85. The number of hydroxylamine groups is 1. The largest absolute Gasteiger partial charge is 0.416 e. The Bertz CT molecular complexity index is 853. The van der Waals surface area contributed by atoms with Gasteiger partial charge in [-0.15, -0.1) is 0 Å². The molecule has 6 nitrogen and oxygen atoms in total. The van der Waals surface area contributed by atoms with Crippen molar-refractivity contribution in [2.75, 3.05) is 11.4 Å². The van der Waals surface area contributed by atoms with Gasteiger partial charge >= 0.3 is 6.18 Å². The molecule has 2 aromatic carbocycles. The Morgan fingerprint density at radius 3 is 2.41 bits per heavy atom. The van der Waals surface area contributed by atoms with E-state index in [9.17, 15) is 22.8 Å². The first-order valence-corrected chi connectivity index (χ1v) is 8.10. The molecule has 3 N–H and O–H groups in total. The zero-order valence-electron chi connectivity index (χ0n) is 14.0. The van der Waals surface area contributed by atoms with Crippen molar-refractivity contribution in [1.82, 2.24) is 10.8 Å². The molecule has 142 valence electrons. The van der Waals surface area contributed by atoms with Crippen LogP contribution >= 0.6 is 0 Å². The quantitative estimate of drug-likeness (QED) is 0.564. The lowest BCUT2D eigenvalue weighted by molar-refractivity contribution is -0.137. The van der Waals surface area contributed by atoms with Crippen molar-refractivity contribution >= 4 is 23.2 Å². The van der Waals surface area contributed by atoms with Crippen molar-refractivity contribution in [2.45, 2.75) is 18.6 Å². The number of hydrogen-bond donors (Lipinski definition) is 3. The number of carbonyl (C=O) groups is 2. The Hall–Kier alpha value is -3.07. The monoisotopic (exact) mass is 379 g/mol. The van der Waals surface area contributed by atoms with E-state index in [4.69, 9.17) is 5.21 Å². The normalized spacial score (nSPS) is 16.7. The zero-order valence-corrected chi connectivity index (χ0v) is 14.0. The van der Waals surface area contributed by atoms with Gasteiger partial charge < -0.3 is 10.2 Å². The molecular weight excluding hydrogens is 363 g/mol. The van der Waals surface area contributed by atoms with E-state index in [0.717, 1.165) is 12.1 Å². The Morgan fingerprint density at radius 1 is 1.15 bits per heavy atom. The Balaban J connectivity index is 2.05. The highest BCUT2D eigenvalue weighted by molar-refractivity contribution is 5.94. The lowest BCUT2D eigenvalue weighted by Crippen LogP contribution is -2.37. The van der Waals surface area contributed by atoms with Gasteiger partial charge in [-0.25, -0.2) is 5.48 Å². The van der Waals surface area contributed by atoms with Crippen molar-refractivity contribution in [1.29, 1.82) is 0 Å². The third-order valence-electron chi connectivity index (χ3n) is 4.29. The summed E-state index contributed by atoms with van der Waals surface area (Å²) in [4.78, 5) is 25.2. The zero-order chi connectivity index (χ0) is 19.6. The van der Waals surface area contributed by atoms with Crippen LogP contribution in [0.25, 0.3) is 0 Å². The number of rotatable bonds is 4. The minimum absolute atomic E-state index is 0.168. The van der Waals surface area contributed by atoms with E-state index < -0.39 is 23.7 Å². The molecule has 0 aromatic heterocycles. The molecule has 1 fully saturated rings. The van der Waals surface area contributed by atoms with Gasteiger partial charge in [-0.05, 0) is 48.9 Å². The van der Waals surface area contributed by atoms with Crippen molar-refractivity contribution in [3.8, 4) is 0 Å². The van der Waals surface area contributed by atoms with Crippen LogP contribution in [0.15, 0.2) is 48.5 Å². The average molecular weight is 379 g/mol. The number of nitrogens with zero attached hydrogens (tertiary/aromatic N) is 1. The van der Waals surface area contributed by atoms with Gasteiger partial charge in [-0.1, -0.05) is 6.07 Å². The summed E-state index contributed by atoms with van der Waals surface area (Å²) in [6.45, 7) is 0.421. The third-order valence-corrected chi connectivity index (χ3v) is 4.29. The summed E-state index contributed by atoms with van der Waals surface area (Å²) in [6, 6.07) is 9.90. The molecule has 0 radical (unpaired) electrons. The highest BCUT2D eigenvalue weighted by Gasteiger charge is 2.34. The van der Waals surface area contributed by atoms with Crippen molar-refractivity contribution in [2.24, 2.45) is 0 Å². The molecule has 0 saturated carbocycles.